The Hall–Kier alpha value is -2.05. The number of hydrogen-bond donors (Lipinski definition) is 1. The third-order valence-electron chi connectivity index (χ3n) is 1.95. The quantitative estimate of drug-likeness (QED) is 0.307. The van der Waals surface area contributed by atoms with Gasteiger partial charge in [-0.05, 0) is 6.92 Å². The normalized spacial score (nSPS) is 18.3. The maximum Gasteiger partial charge on any atom is 0.376 e. The van der Waals surface area contributed by atoms with E-state index in [2.05, 4.69) is 10.1 Å². The fourth-order valence-electron chi connectivity index (χ4n) is 1.14. The van der Waals surface area contributed by atoms with Gasteiger partial charge in [0.15, 0.2) is 5.70 Å². The van der Waals surface area contributed by atoms with Crippen molar-refractivity contribution < 1.29 is 23.9 Å². The second-order valence-corrected chi connectivity index (χ2v) is 2.92. The number of nitrogens with zero attached hydrogens (tertiary/aromatic N) is 1. The van der Waals surface area contributed by atoms with Gasteiger partial charge in [-0.15, -0.1) is 0 Å². The van der Waals surface area contributed by atoms with E-state index in [1.165, 1.54) is 14.2 Å². The van der Waals surface area contributed by atoms with Crippen LogP contribution >= 0.6 is 0 Å². The van der Waals surface area contributed by atoms with Crippen LogP contribution in [-0.4, -0.2) is 43.6 Å². The number of ether oxygens (including phenoxy) is 2. The van der Waals surface area contributed by atoms with E-state index in [1.54, 1.807) is 6.92 Å². The molecule has 1 heterocycles. The topological polar surface area (TPSA) is 84.9 Å². The molecule has 1 rings (SSSR count). The summed E-state index contributed by atoms with van der Waals surface area (Å²) in [5, 5.41) is 2.23. The summed E-state index contributed by atoms with van der Waals surface area (Å²) in [6, 6.07) is -0.612. The molecule has 88 valence electrons. The van der Waals surface area contributed by atoms with Gasteiger partial charge in [0.1, 0.15) is 0 Å². The second kappa shape index (κ2) is 4.65. The standard InChI is InChI=1S/C9H12N2O5/c1-4-16-8(13)6(15-3)5-7(12)11(2)9(14)10-5/h4H2,1-3H3,(H,10,14). The molecule has 0 unspecified atom stereocenters. The summed E-state index contributed by atoms with van der Waals surface area (Å²) in [6.07, 6.45) is 0. The van der Waals surface area contributed by atoms with Gasteiger partial charge in [0, 0.05) is 7.05 Å². The van der Waals surface area contributed by atoms with Gasteiger partial charge < -0.3 is 9.47 Å². The number of urea groups is 1. The largest absolute Gasteiger partial charge is 0.488 e. The van der Waals surface area contributed by atoms with E-state index in [4.69, 9.17) is 4.74 Å². The van der Waals surface area contributed by atoms with E-state index in [-0.39, 0.29) is 18.1 Å². The van der Waals surface area contributed by atoms with Gasteiger partial charge in [0.2, 0.25) is 5.76 Å². The van der Waals surface area contributed by atoms with Gasteiger partial charge in [-0.2, -0.15) is 0 Å². The molecule has 1 fully saturated rings. The first kappa shape index (κ1) is 12.0. The molecular formula is C9H12N2O5. The molecule has 0 spiro atoms. The lowest BCUT2D eigenvalue weighted by Crippen LogP contribution is -2.25. The summed E-state index contributed by atoms with van der Waals surface area (Å²) in [6.45, 7) is 1.77. The first-order valence-corrected chi connectivity index (χ1v) is 4.57. The highest BCUT2D eigenvalue weighted by Crippen LogP contribution is 2.13. The fraction of sp³-hybridized carbons (Fsp3) is 0.444. The predicted octanol–water partition coefficient (Wildman–Crippen LogP) is -0.411. The van der Waals surface area contributed by atoms with Crippen LogP contribution in [0.25, 0.3) is 0 Å². The number of carbonyl (C=O) groups is 3. The van der Waals surface area contributed by atoms with Crippen molar-refractivity contribution in [1.29, 1.82) is 0 Å². The second-order valence-electron chi connectivity index (χ2n) is 2.92. The molecule has 1 aliphatic heterocycles. The van der Waals surface area contributed by atoms with Crippen LogP contribution in [0.3, 0.4) is 0 Å². The highest BCUT2D eigenvalue weighted by Gasteiger charge is 2.36. The number of nitrogens with one attached hydrogen (secondary N) is 1. The first-order chi connectivity index (χ1) is 7.52. The Morgan fingerprint density at radius 3 is 2.44 bits per heavy atom. The molecule has 1 N–H and O–H groups in total. The van der Waals surface area contributed by atoms with Crippen molar-refractivity contribution >= 4 is 17.9 Å². The molecular weight excluding hydrogens is 216 g/mol. The van der Waals surface area contributed by atoms with E-state index in [0.717, 1.165) is 4.90 Å². The van der Waals surface area contributed by atoms with Crippen molar-refractivity contribution in [2.45, 2.75) is 6.92 Å². The number of amides is 3. The number of likely N-dealkylation sites (N-methyl/N-ethyl adjacent to an activating group) is 1. The number of imide groups is 1. The summed E-state index contributed by atoms with van der Waals surface area (Å²) in [7, 11) is 2.51. The number of hydrogen-bond acceptors (Lipinski definition) is 5. The monoisotopic (exact) mass is 228 g/mol. The van der Waals surface area contributed by atoms with E-state index in [0.29, 0.717) is 0 Å². The summed E-state index contributed by atoms with van der Waals surface area (Å²) in [5.41, 5.74) is -0.201. The zero-order valence-corrected chi connectivity index (χ0v) is 9.20. The summed E-state index contributed by atoms with van der Waals surface area (Å²) in [4.78, 5) is 34.9. The van der Waals surface area contributed by atoms with E-state index >= 15 is 0 Å². The average Bonchev–Trinajstić information content (AvgIpc) is 2.48. The number of carbonyl (C=O) groups excluding carboxylic acids is 3. The maximum absolute atomic E-state index is 11.5. The van der Waals surface area contributed by atoms with Crippen LogP contribution in [0.4, 0.5) is 4.79 Å². The van der Waals surface area contributed by atoms with Crippen LogP contribution in [0.5, 0.6) is 0 Å². The summed E-state index contributed by atoms with van der Waals surface area (Å²) in [5.74, 6) is -1.72. The van der Waals surface area contributed by atoms with Crippen LogP contribution in [0.15, 0.2) is 11.5 Å². The van der Waals surface area contributed by atoms with E-state index < -0.39 is 17.9 Å². The molecule has 0 bridgehead atoms. The third kappa shape index (κ3) is 1.97. The molecule has 0 aromatic rings. The van der Waals surface area contributed by atoms with Crippen molar-refractivity contribution in [1.82, 2.24) is 10.2 Å². The maximum atomic E-state index is 11.5. The Morgan fingerprint density at radius 1 is 1.44 bits per heavy atom. The predicted molar refractivity (Wildman–Crippen MR) is 52.0 cm³/mol. The molecule has 7 nitrogen and oxygen atoms in total. The number of rotatable bonds is 3. The molecule has 0 aliphatic carbocycles. The Balaban J connectivity index is 3.06. The van der Waals surface area contributed by atoms with Gasteiger partial charge in [0.25, 0.3) is 5.91 Å². The minimum atomic E-state index is -0.788. The Morgan fingerprint density at radius 2 is 2.06 bits per heavy atom. The van der Waals surface area contributed by atoms with Crippen molar-refractivity contribution in [3.63, 3.8) is 0 Å². The fourth-order valence-corrected chi connectivity index (χ4v) is 1.14. The lowest BCUT2D eigenvalue weighted by atomic mass is 10.3. The van der Waals surface area contributed by atoms with Gasteiger partial charge in [0.05, 0.1) is 13.7 Å². The van der Waals surface area contributed by atoms with Gasteiger partial charge >= 0.3 is 12.0 Å². The average molecular weight is 228 g/mol. The lowest BCUT2D eigenvalue weighted by molar-refractivity contribution is -0.142. The van der Waals surface area contributed by atoms with Crippen LogP contribution in [0.2, 0.25) is 0 Å². The van der Waals surface area contributed by atoms with Gasteiger partial charge in [-0.25, -0.2) is 9.59 Å². The minimum Gasteiger partial charge on any atom is -0.488 e. The van der Waals surface area contributed by atoms with Crippen molar-refractivity contribution in [3.05, 3.63) is 11.5 Å². The SMILES string of the molecule is CCOC(=O)C(OC)=C1NC(=O)N(C)C1=O. The minimum absolute atomic E-state index is 0.150. The van der Waals surface area contributed by atoms with Crippen LogP contribution < -0.4 is 5.32 Å². The highest BCUT2D eigenvalue weighted by molar-refractivity contribution is 6.14. The summed E-state index contributed by atoms with van der Waals surface area (Å²) >= 11 is 0. The van der Waals surface area contributed by atoms with Crippen LogP contribution in [0, 0.1) is 0 Å². The Bertz CT molecular complexity index is 374. The van der Waals surface area contributed by atoms with E-state index in [9.17, 15) is 14.4 Å². The van der Waals surface area contributed by atoms with Gasteiger partial charge in [-0.3, -0.25) is 15.0 Å². The van der Waals surface area contributed by atoms with Crippen LogP contribution in [0.1, 0.15) is 6.92 Å². The van der Waals surface area contributed by atoms with Gasteiger partial charge in [-0.1, -0.05) is 0 Å². The van der Waals surface area contributed by atoms with Crippen LogP contribution in [-0.2, 0) is 19.1 Å². The molecule has 0 saturated carbocycles. The molecule has 7 heteroatoms. The Labute approximate surface area is 92.0 Å². The lowest BCUT2D eigenvalue weighted by Gasteiger charge is -2.07. The molecule has 3 amide bonds. The molecule has 0 radical (unpaired) electrons. The molecule has 1 saturated heterocycles. The summed E-state index contributed by atoms with van der Waals surface area (Å²) < 4.78 is 9.44. The Kier molecular flexibility index (Phi) is 3.49. The van der Waals surface area contributed by atoms with Crippen molar-refractivity contribution in [3.8, 4) is 0 Å². The number of esters is 1. The van der Waals surface area contributed by atoms with Crippen molar-refractivity contribution in [2.24, 2.45) is 0 Å². The zero-order valence-electron chi connectivity index (χ0n) is 9.20. The first-order valence-electron chi connectivity index (χ1n) is 4.57. The zero-order chi connectivity index (χ0) is 12.3. The number of methoxy groups -OCH3 is 1. The molecule has 0 aromatic heterocycles. The highest BCUT2D eigenvalue weighted by atomic mass is 16.6. The molecule has 1 aliphatic rings. The van der Waals surface area contributed by atoms with Crippen molar-refractivity contribution in [2.75, 3.05) is 20.8 Å². The molecule has 0 aromatic carbocycles. The molecule has 0 atom stereocenters. The van der Waals surface area contributed by atoms with E-state index in [1.807, 2.05) is 0 Å². The third-order valence-corrected chi connectivity index (χ3v) is 1.95. The molecule has 16 heavy (non-hydrogen) atoms. The smallest absolute Gasteiger partial charge is 0.376 e.